The molecule has 0 aliphatic rings. The Balaban J connectivity index is 5.53. The molecule has 0 rings (SSSR count). The first-order valence-electron chi connectivity index (χ1n) is 4.52. The van der Waals surface area contributed by atoms with Crippen LogP contribution in [-0.4, -0.2) is 17.5 Å². The standard InChI is InChI=1S/C6H13Cl7Si3/c1-5(2)6(3,4)14(7,8)16(12,13)15(9,10)11/h5H,1-4H3. The minimum absolute atomic E-state index is 0.208. The minimum Gasteiger partial charge on any atom is -0.146 e. The van der Waals surface area contributed by atoms with Gasteiger partial charge >= 0.3 is 11.2 Å². The van der Waals surface area contributed by atoms with Crippen molar-refractivity contribution in [1.82, 2.24) is 0 Å². The fourth-order valence-electron chi connectivity index (χ4n) is 0.945. The first-order chi connectivity index (χ1) is 6.69. The van der Waals surface area contributed by atoms with Gasteiger partial charge in [0.15, 0.2) is 0 Å². The zero-order valence-corrected chi connectivity index (χ0v) is 17.5. The summed E-state index contributed by atoms with van der Waals surface area (Å²) >= 11 is 43.4. The Labute approximate surface area is 132 Å². The second-order valence-corrected chi connectivity index (χ2v) is 43.0. The maximum atomic E-state index is 6.48. The van der Waals surface area contributed by atoms with E-state index in [-0.39, 0.29) is 5.92 Å². The molecule has 0 spiro atoms. The lowest BCUT2D eigenvalue weighted by Crippen LogP contribution is -2.65. The van der Waals surface area contributed by atoms with Crippen molar-refractivity contribution in [3.05, 3.63) is 0 Å². The molecule has 16 heavy (non-hydrogen) atoms. The second kappa shape index (κ2) is 5.58. The van der Waals surface area contributed by atoms with E-state index in [2.05, 4.69) is 0 Å². The lowest BCUT2D eigenvalue weighted by molar-refractivity contribution is 0.473. The predicted octanol–water partition coefficient (Wildman–Crippen LogP) is 6.07. The van der Waals surface area contributed by atoms with E-state index in [0.29, 0.717) is 0 Å². The fraction of sp³-hybridized carbons (Fsp3) is 1.00. The van der Waals surface area contributed by atoms with Crippen molar-refractivity contribution in [2.45, 2.75) is 32.7 Å². The molecular formula is C6H13Cl7Si3. The van der Waals surface area contributed by atoms with Crippen molar-refractivity contribution in [3.63, 3.8) is 0 Å². The van der Waals surface area contributed by atoms with Gasteiger partial charge in [-0.25, -0.2) is 0 Å². The average Bonchev–Trinajstić information content (AvgIpc) is 2.00. The van der Waals surface area contributed by atoms with Gasteiger partial charge in [-0.3, -0.25) is 0 Å². The maximum Gasteiger partial charge on any atom is 0.358 e. The summed E-state index contributed by atoms with van der Waals surface area (Å²) in [4.78, 5) is 0. The highest BCUT2D eigenvalue weighted by Crippen LogP contribution is 2.58. The van der Waals surface area contributed by atoms with Gasteiger partial charge < -0.3 is 0 Å². The van der Waals surface area contributed by atoms with Crippen molar-refractivity contribution in [1.29, 1.82) is 0 Å². The van der Waals surface area contributed by atoms with Crippen molar-refractivity contribution in [2.24, 2.45) is 5.92 Å². The summed E-state index contributed by atoms with van der Waals surface area (Å²) in [6.07, 6.45) is -3.08. The van der Waals surface area contributed by atoms with Crippen molar-refractivity contribution in [3.8, 4) is 0 Å². The van der Waals surface area contributed by atoms with Gasteiger partial charge in [0.2, 0.25) is 0 Å². The van der Waals surface area contributed by atoms with E-state index < -0.39 is 22.5 Å². The predicted molar refractivity (Wildman–Crippen MR) is 87.1 cm³/mol. The van der Waals surface area contributed by atoms with E-state index in [1.165, 1.54) is 0 Å². The van der Waals surface area contributed by atoms with E-state index in [1.807, 2.05) is 27.7 Å². The van der Waals surface area contributed by atoms with Crippen LogP contribution < -0.4 is 0 Å². The number of halogens is 7. The van der Waals surface area contributed by atoms with Crippen LogP contribution in [0.25, 0.3) is 0 Å². The lowest BCUT2D eigenvalue weighted by atomic mass is 9.99. The molecule has 10 heteroatoms. The third-order valence-electron chi connectivity index (χ3n) is 3.00. The molecule has 0 nitrogen and oxygen atoms in total. The zero-order chi connectivity index (χ0) is 13.6. The van der Waals surface area contributed by atoms with E-state index in [0.717, 1.165) is 0 Å². The van der Waals surface area contributed by atoms with Crippen molar-refractivity contribution >= 4 is 95.0 Å². The van der Waals surface area contributed by atoms with Crippen LogP contribution in [0.4, 0.5) is 0 Å². The molecule has 0 unspecified atom stereocenters. The Morgan fingerprint density at radius 1 is 0.812 bits per heavy atom. The van der Waals surface area contributed by atoms with Gasteiger partial charge in [-0.05, 0) is 11.0 Å². The first kappa shape index (κ1) is 18.7. The molecule has 0 N–H and O–H groups in total. The van der Waals surface area contributed by atoms with E-state index >= 15 is 0 Å². The molecule has 0 saturated heterocycles. The highest BCUT2D eigenvalue weighted by atomic mass is 35.9. The Morgan fingerprint density at radius 2 is 1.12 bits per heavy atom. The summed E-state index contributed by atoms with van der Waals surface area (Å²) < 4.78 is 0. The molecule has 0 bridgehead atoms. The molecule has 0 aromatic rings. The molecule has 0 radical (unpaired) electrons. The van der Waals surface area contributed by atoms with E-state index in [4.69, 9.17) is 77.6 Å². The number of hydrogen-bond donors (Lipinski definition) is 0. The van der Waals surface area contributed by atoms with Gasteiger partial charge in [-0.2, -0.15) is 0 Å². The highest BCUT2D eigenvalue weighted by molar-refractivity contribution is 8.20. The van der Waals surface area contributed by atoms with Crippen LogP contribution in [0, 0.1) is 5.92 Å². The summed E-state index contributed by atoms with van der Waals surface area (Å²) in [7, 11) is 0. The normalized spacial score (nSPS) is 15.8. The van der Waals surface area contributed by atoms with Gasteiger partial charge in [0.25, 0.3) is 6.21 Å². The molecule has 0 aliphatic carbocycles. The van der Waals surface area contributed by atoms with Crippen LogP contribution in [0.1, 0.15) is 27.7 Å². The Hall–Kier alpha value is 2.68. The third-order valence-corrected chi connectivity index (χ3v) is 61.6. The van der Waals surface area contributed by atoms with Crippen LogP contribution in [-0.2, 0) is 0 Å². The summed E-state index contributed by atoms with van der Waals surface area (Å²) in [5.74, 6) is 0.208. The monoisotopic (exact) mass is 414 g/mol. The SMILES string of the molecule is CC(C)C(C)(C)[Si](Cl)(Cl)[Si](Cl)(Cl)[Si](Cl)(Cl)Cl. The lowest BCUT2D eigenvalue weighted by Gasteiger charge is -2.44. The summed E-state index contributed by atoms with van der Waals surface area (Å²) in [5.41, 5.74) is -6.57. The van der Waals surface area contributed by atoms with Crippen LogP contribution in [0.5, 0.6) is 0 Å². The molecule has 0 amide bonds. The molecule has 0 aromatic heterocycles. The van der Waals surface area contributed by atoms with Gasteiger partial charge in [-0.15, -0.1) is 77.6 Å². The van der Waals surface area contributed by atoms with Crippen LogP contribution in [0.2, 0.25) is 5.04 Å². The molecule has 0 saturated carbocycles. The van der Waals surface area contributed by atoms with Gasteiger partial charge in [0.05, 0.1) is 0 Å². The largest absolute Gasteiger partial charge is 0.358 e. The molecule has 98 valence electrons. The van der Waals surface area contributed by atoms with Gasteiger partial charge in [0.1, 0.15) is 0 Å². The van der Waals surface area contributed by atoms with E-state index in [1.54, 1.807) is 0 Å². The average molecular weight is 418 g/mol. The second-order valence-electron chi connectivity index (χ2n) is 4.52. The van der Waals surface area contributed by atoms with E-state index in [9.17, 15) is 0 Å². The molecule has 0 atom stereocenters. The summed E-state index contributed by atoms with van der Waals surface area (Å²) in [5, 5.41) is -0.414. The fourth-order valence-corrected chi connectivity index (χ4v) is 46.0. The number of hydrogen-bond acceptors (Lipinski definition) is 0. The van der Waals surface area contributed by atoms with Gasteiger partial charge in [-0.1, -0.05) is 27.7 Å². The Bertz CT molecular complexity index is 257. The highest BCUT2D eigenvalue weighted by Gasteiger charge is 2.72. The summed E-state index contributed by atoms with van der Waals surface area (Å²) in [6.45, 7) is 7.87. The van der Waals surface area contributed by atoms with Crippen LogP contribution in [0.3, 0.4) is 0 Å². The molecular weight excluding hydrogens is 404 g/mol. The van der Waals surface area contributed by atoms with Crippen molar-refractivity contribution in [2.75, 3.05) is 0 Å². The molecule has 0 aliphatic heterocycles. The Morgan fingerprint density at radius 3 is 1.31 bits per heavy atom. The third kappa shape index (κ3) is 3.22. The minimum atomic E-state index is -3.29. The summed E-state index contributed by atoms with van der Waals surface area (Å²) in [6, 6.07) is 0. The van der Waals surface area contributed by atoms with Crippen LogP contribution >= 0.6 is 77.6 Å². The molecule has 0 aromatic carbocycles. The molecule has 0 heterocycles. The topological polar surface area (TPSA) is 0 Å². The van der Waals surface area contributed by atoms with Crippen LogP contribution in [0.15, 0.2) is 0 Å². The quantitative estimate of drug-likeness (QED) is 0.384. The molecule has 0 fully saturated rings. The number of rotatable bonds is 4. The Kier molecular flexibility index (Phi) is 6.52. The first-order valence-corrected chi connectivity index (χ1v) is 19.6. The maximum absolute atomic E-state index is 6.48. The zero-order valence-electron chi connectivity index (χ0n) is 9.22. The van der Waals surface area contributed by atoms with Crippen molar-refractivity contribution < 1.29 is 0 Å². The smallest absolute Gasteiger partial charge is 0.146 e. The van der Waals surface area contributed by atoms with Gasteiger partial charge in [0, 0.05) is 0 Å².